The van der Waals surface area contributed by atoms with Gasteiger partial charge in [-0.15, -0.1) is 0 Å². The molecule has 0 spiro atoms. The summed E-state index contributed by atoms with van der Waals surface area (Å²) in [7, 11) is 0. The molecule has 1 rings (SSSR count). The van der Waals surface area contributed by atoms with Gasteiger partial charge in [-0.1, -0.05) is 12.1 Å². The average Bonchev–Trinajstić information content (AvgIpc) is 2.25. The minimum atomic E-state index is -0.329. The maximum absolute atomic E-state index is 11.0. The number of hydrogen-bond acceptors (Lipinski definition) is 3. The van der Waals surface area contributed by atoms with Crippen molar-refractivity contribution in [1.82, 2.24) is 4.90 Å². The van der Waals surface area contributed by atoms with Crippen molar-refractivity contribution in [3.05, 3.63) is 29.8 Å². The van der Waals surface area contributed by atoms with E-state index in [-0.39, 0.29) is 30.3 Å². The molecule has 0 radical (unpaired) electrons. The fourth-order valence-electron chi connectivity index (χ4n) is 1.89. The molecular formula is C13H20N2O2. The molecule has 0 fully saturated rings. The van der Waals surface area contributed by atoms with Gasteiger partial charge in [0.25, 0.3) is 0 Å². The molecule has 4 heteroatoms. The van der Waals surface area contributed by atoms with Crippen LogP contribution in [0.15, 0.2) is 24.3 Å². The molecule has 1 aromatic carbocycles. The number of rotatable bonds is 5. The zero-order valence-corrected chi connectivity index (χ0v) is 10.6. The quantitative estimate of drug-likeness (QED) is 0.817. The fourth-order valence-corrected chi connectivity index (χ4v) is 1.89. The van der Waals surface area contributed by atoms with Crippen molar-refractivity contribution >= 4 is 5.91 Å². The molecule has 1 atom stereocenters. The van der Waals surface area contributed by atoms with E-state index in [9.17, 15) is 9.90 Å². The predicted molar refractivity (Wildman–Crippen MR) is 67.6 cm³/mol. The molecule has 3 N–H and O–H groups in total. The zero-order valence-electron chi connectivity index (χ0n) is 10.6. The number of phenols is 1. The van der Waals surface area contributed by atoms with Crippen LogP contribution in [0.1, 0.15) is 32.4 Å². The lowest BCUT2D eigenvalue weighted by atomic mass is 10.1. The van der Waals surface area contributed by atoms with Crippen LogP contribution < -0.4 is 5.73 Å². The van der Waals surface area contributed by atoms with E-state index in [1.807, 2.05) is 37.8 Å². The molecule has 0 heterocycles. The summed E-state index contributed by atoms with van der Waals surface area (Å²) in [4.78, 5) is 13.1. The Morgan fingerprint density at radius 2 is 1.82 bits per heavy atom. The van der Waals surface area contributed by atoms with Gasteiger partial charge >= 0.3 is 0 Å². The van der Waals surface area contributed by atoms with Crippen molar-refractivity contribution in [3.8, 4) is 5.75 Å². The average molecular weight is 236 g/mol. The third kappa shape index (κ3) is 3.75. The first-order valence-electron chi connectivity index (χ1n) is 5.74. The highest BCUT2D eigenvalue weighted by Gasteiger charge is 2.20. The molecule has 0 aromatic heterocycles. The number of hydrogen-bond donors (Lipinski definition) is 2. The summed E-state index contributed by atoms with van der Waals surface area (Å²) < 4.78 is 0. The second-order valence-electron chi connectivity index (χ2n) is 4.50. The Morgan fingerprint density at radius 1 is 1.29 bits per heavy atom. The van der Waals surface area contributed by atoms with E-state index in [1.54, 1.807) is 12.1 Å². The molecule has 0 bridgehead atoms. The monoisotopic (exact) mass is 236 g/mol. The number of primary amides is 1. The molecule has 4 nitrogen and oxygen atoms in total. The second-order valence-corrected chi connectivity index (χ2v) is 4.50. The van der Waals surface area contributed by atoms with Gasteiger partial charge in [-0.2, -0.15) is 0 Å². The van der Waals surface area contributed by atoms with Gasteiger partial charge in [0.1, 0.15) is 5.75 Å². The van der Waals surface area contributed by atoms with Crippen LogP contribution in [-0.2, 0) is 4.79 Å². The molecule has 1 aromatic rings. The largest absolute Gasteiger partial charge is 0.508 e. The maximum Gasteiger partial charge on any atom is 0.231 e. The van der Waals surface area contributed by atoms with Crippen molar-refractivity contribution in [2.45, 2.75) is 32.9 Å². The number of phenolic OH excluding ortho intramolecular Hbond substituents is 1. The molecule has 0 aliphatic rings. The SMILES string of the molecule is CC(C)N(CC(N)=O)C(C)c1ccc(O)cc1. The van der Waals surface area contributed by atoms with Crippen LogP contribution in [0.2, 0.25) is 0 Å². The number of nitrogens with zero attached hydrogens (tertiary/aromatic N) is 1. The Labute approximate surface area is 102 Å². The first kappa shape index (κ1) is 13.5. The molecule has 94 valence electrons. The van der Waals surface area contributed by atoms with Crippen LogP contribution >= 0.6 is 0 Å². The van der Waals surface area contributed by atoms with E-state index in [0.717, 1.165) is 5.56 Å². The molecule has 1 amide bonds. The van der Waals surface area contributed by atoms with Crippen LogP contribution in [0, 0.1) is 0 Å². The number of aromatic hydroxyl groups is 1. The molecule has 0 aliphatic carbocycles. The standard InChI is InChI=1S/C13H20N2O2/c1-9(2)15(8-13(14)17)10(3)11-4-6-12(16)7-5-11/h4-7,9-10,16H,8H2,1-3H3,(H2,14,17). The second kappa shape index (κ2) is 5.68. The van der Waals surface area contributed by atoms with Gasteiger partial charge in [-0.05, 0) is 38.5 Å². The van der Waals surface area contributed by atoms with Crippen LogP contribution in [-0.4, -0.2) is 28.5 Å². The summed E-state index contributed by atoms with van der Waals surface area (Å²) in [6.45, 7) is 6.31. The van der Waals surface area contributed by atoms with E-state index < -0.39 is 0 Å². The number of carbonyl (C=O) groups excluding carboxylic acids is 1. The summed E-state index contributed by atoms with van der Waals surface area (Å²) in [5.74, 6) is -0.0868. The van der Waals surface area contributed by atoms with E-state index in [2.05, 4.69) is 0 Å². The highest BCUT2D eigenvalue weighted by Crippen LogP contribution is 2.23. The Balaban J connectivity index is 2.87. The van der Waals surface area contributed by atoms with E-state index in [0.29, 0.717) is 0 Å². The summed E-state index contributed by atoms with van der Waals surface area (Å²) in [5.41, 5.74) is 6.30. The number of carbonyl (C=O) groups is 1. The van der Waals surface area contributed by atoms with E-state index in [4.69, 9.17) is 5.73 Å². The van der Waals surface area contributed by atoms with E-state index in [1.165, 1.54) is 0 Å². The molecule has 1 unspecified atom stereocenters. The molecule has 0 saturated carbocycles. The third-order valence-electron chi connectivity index (χ3n) is 2.87. The Hall–Kier alpha value is -1.55. The number of benzene rings is 1. The topological polar surface area (TPSA) is 66.6 Å². The van der Waals surface area contributed by atoms with Crippen molar-refractivity contribution < 1.29 is 9.90 Å². The van der Waals surface area contributed by atoms with Gasteiger partial charge in [0.05, 0.1) is 6.54 Å². The molecule has 0 aliphatic heterocycles. The van der Waals surface area contributed by atoms with Crippen molar-refractivity contribution in [2.75, 3.05) is 6.54 Å². The summed E-state index contributed by atoms with van der Waals surface area (Å²) >= 11 is 0. The summed E-state index contributed by atoms with van der Waals surface area (Å²) in [5, 5.41) is 9.24. The van der Waals surface area contributed by atoms with Crippen LogP contribution in [0.3, 0.4) is 0 Å². The van der Waals surface area contributed by atoms with Crippen LogP contribution in [0.5, 0.6) is 5.75 Å². The minimum absolute atomic E-state index is 0.0862. The fraction of sp³-hybridized carbons (Fsp3) is 0.462. The van der Waals surface area contributed by atoms with Gasteiger partial charge in [0, 0.05) is 12.1 Å². The molecule has 0 saturated heterocycles. The minimum Gasteiger partial charge on any atom is -0.508 e. The lowest BCUT2D eigenvalue weighted by Crippen LogP contribution is -2.40. The normalized spacial score (nSPS) is 13.0. The van der Waals surface area contributed by atoms with Crippen LogP contribution in [0.4, 0.5) is 0 Å². The van der Waals surface area contributed by atoms with Gasteiger partial charge in [0.15, 0.2) is 0 Å². The van der Waals surface area contributed by atoms with Crippen molar-refractivity contribution in [3.63, 3.8) is 0 Å². The molecule has 17 heavy (non-hydrogen) atoms. The first-order valence-corrected chi connectivity index (χ1v) is 5.74. The maximum atomic E-state index is 11.0. The highest BCUT2D eigenvalue weighted by atomic mass is 16.3. The van der Waals surface area contributed by atoms with Gasteiger partial charge in [-0.3, -0.25) is 9.69 Å². The van der Waals surface area contributed by atoms with E-state index >= 15 is 0 Å². The lowest BCUT2D eigenvalue weighted by molar-refractivity contribution is -0.120. The summed E-state index contributed by atoms with van der Waals surface area (Å²) in [6.07, 6.45) is 0. The smallest absolute Gasteiger partial charge is 0.231 e. The number of amides is 1. The first-order chi connectivity index (χ1) is 7.91. The van der Waals surface area contributed by atoms with Gasteiger partial charge in [0.2, 0.25) is 5.91 Å². The zero-order chi connectivity index (χ0) is 13.0. The van der Waals surface area contributed by atoms with Crippen molar-refractivity contribution in [1.29, 1.82) is 0 Å². The van der Waals surface area contributed by atoms with Gasteiger partial charge < -0.3 is 10.8 Å². The molecular weight excluding hydrogens is 216 g/mol. The van der Waals surface area contributed by atoms with Crippen molar-refractivity contribution in [2.24, 2.45) is 5.73 Å². The Kier molecular flexibility index (Phi) is 4.52. The highest BCUT2D eigenvalue weighted by molar-refractivity contribution is 5.76. The predicted octanol–water partition coefficient (Wildman–Crippen LogP) is 1.65. The van der Waals surface area contributed by atoms with Gasteiger partial charge in [-0.25, -0.2) is 0 Å². The van der Waals surface area contributed by atoms with Crippen LogP contribution in [0.25, 0.3) is 0 Å². The number of nitrogens with two attached hydrogens (primary N) is 1. The Morgan fingerprint density at radius 3 is 2.24 bits per heavy atom. The third-order valence-corrected chi connectivity index (χ3v) is 2.87. The lowest BCUT2D eigenvalue weighted by Gasteiger charge is -2.31. The summed E-state index contributed by atoms with van der Waals surface area (Å²) in [6, 6.07) is 7.32. The Bertz CT molecular complexity index is 374.